The number of anilines is 1. The standard InChI is InChI=1S/C12H17N3O2/c13-6-3-7-14-8-9-15(12(14)17)10-4-1-2-5-11(10)16/h1-2,4-5,16H,3,6-9,13H2. The number of carbonyl (C=O) groups excluding carboxylic acids is 1. The maximum Gasteiger partial charge on any atom is 0.324 e. The first-order chi connectivity index (χ1) is 8.24. The van der Waals surface area contributed by atoms with E-state index in [0.717, 1.165) is 6.42 Å². The third-order valence-electron chi connectivity index (χ3n) is 2.90. The summed E-state index contributed by atoms with van der Waals surface area (Å²) < 4.78 is 0. The Balaban J connectivity index is 2.10. The molecule has 2 rings (SSSR count). The van der Waals surface area contributed by atoms with Crippen molar-refractivity contribution in [3.8, 4) is 5.75 Å². The van der Waals surface area contributed by atoms with Crippen molar-refractivity contribution in [3.63, 3.8) is 0 Å². The number of para-hydroxylation sites is 2. The predicted molar refractivity (Wildman–Crippen MR) is 66.1 cm³/mol. The van der Waals surface area contributed by atoms with Gasteiger partial charge >= 0.3 is 6.03 Å². The minimum atomic E-state index is -0.0556. The van der Waals surface area contributed by atoms with Crippen molar-refractivity contribution in [1.29, 1.82) is 0 Å². The molecule has 17 heavy (non-hydrogen) atoms. The molecule has 1 aliphatic heterocycles. The Labute approximate surface area is 100 Å². The smallest absolute Gasteiger partial charge is 0.324 e. The van der Waals surface area contributed by atoms with Crippen molar-refractivity contribution in [2.24, 2.45) is 5.73 Å². The normalized spacial score (nSPS) is 15.7. The molecule has 5 nitrogen and oxygen atoms in total. The first-order valence-corrected chi connectivity index (χ1v) is 5.78. The van der Waals surface area contributed by atoms with Crippen LogP contribution in [0.3, 0.4) is 0 Å². The SMILES string of the molecule is NCCCN1CCN(c2ccccc2O)C1=O. The summed E-state index contributed by atoms with van der Waals surface area (Å²) in [6.45, 7) is 2.56. The van der Waals surface area contributed by atoms with Gasteiger partial charge in [0.25, 0.3) is 0 Å². The van der Waals surface area contributed by atoms with Crippen LogP contribution in [0.4, 0.5) is 10.5 Å². The van der Waals surface area contributed by atoms with Gasteiger partial charge < -0.3 is 15.7 Å². The van der Waals surface area contributed by atoms with Gasteiger partial charge in [-0.05, 0) is 25.1 Å². The lowest BCUT2D eigenvalue weighted by Gasteiger charge is -2.19. The van der Waals surface area contributed by atoms with E-state index in [-0.39, 0.29) is 11.8 Å². The molecular weight excluding hydrogens is 218 g/mol. The molecule has 0 radical (unpaired) electrons. The van der Waals surface area contributed by atoms with Crippen LogP contribution in [0, 0.1) is 0 Å². The molecule has 1 aromatic rings. The minimum absolute atomic E-state index is 0.0556. The predicted octanol–water partition coefficient (Wildman–Crippen LogP) is 0.983. The number of hydrogen-bond acceptors (Lipinski definition) is 3. The van der Waals surface area contributed by atoms with Crippen LogP contribution in [0.2, 0.25) is 0 Å². The van der Waals surface area contributed by atoms with Crippen molar-refractivity contribution >= 4 is 11.7 Å². The molecule has 1 aromatic carbocycles. The average Bonchev–Trinajstić information content (AvgIpc) is 2.69. The molecule has 0 unspecified atom stereocenters. The zero-order valence-corrected chi connectivity index (χ0v) is 9.67. The number of hydrogen-bond donors (Lipinski definition) is 2. The number of urea groups is 1. The van der Waals surface area contributed by atoms with Gasteiger partial charge in [0.15, 0.2) is 0 Å². The molecule has 0 atom stereocenters. The van der Waals surface area contributed by atoms with Gasteiger partial charge in [0.05, 0.1) is 5.69 Å². The zero-order chi connectivity index (χ0) is 12.3. The number of carbonyl (C=O) groups is 1. The maximum atomic E-state index is 12.1. The number of benzene rings is 1. The lowest BCUT2D eigenvalue weighted by Crippen LogP contribution is -2.33. The van der Waals surface area contributed by atoms with Crippen molar-refractivity contribution < 1.29 is 9.90 Å². The van der Waals surface area contributed by atoms with Crippen molar-refractivity contribution in [1.82, 2.24) is 4.90 Å². The average molecular weight is 235 g/mol. The van der Waals surface area contributed by atoms with Gasteiger partial charge in [-0.15, -0.1) is 0 Å². The Hall–Kier alpha value is -1.75. The summed E-state index contributed by atoms with van der Waals surface area (Å²) in [6.07, 6.45) is 0.806. The Kier molecular flexibility index (Phi) is 3.49. The van der Waals surface area contributed by atoms with E-state index in [4.69, 9.17) is 5.73 Å². The summed E-state index contributed by atoms with van der Waals surface area (Å²) in [5.74, 6) is 0.140. The largest absolute Gasteiger partial charge is 0.506 e. The lowest BCUT2D eigenvalue weighted by atomic mass is 10.3. The van der Waals surface area contributed by atoms with Crippen LogP contribution in [-0.2, 0) is 0 Å². The molecule has 92 valence electrons. The van der Waals surface area contributed by atoms with E-state index in [2.05, 4.69) is 0 Å². The summed E-state index contributed by atoms with van der Waals surface area (Å²) in [4.78, 5) is 15.4. The molecule has 0 saturated carbocycles. The second-order valence-electron chi connectivity index (χ2n) is 4.05. The Bertz CT molecular complexity index is 408. The number of phenols is 1. The zero-order valence-electron chi connectivity index (χ0n) is 9.67. The van der Waals surface area contributed by atoms with Crippen molar-refractivity contribution in [2.75, 3.05) is 31.1 Å². The second kappa shape index (κ2) is 5.05. The van der Waals surface area contributed by atoms with Crippen LogP contribution >= 0.6 is 0 Å². The number of aromatic hydroxyl groups is 1. The molecule has 0 aromatic heterocycles. The quantitative estimate of drug-likeness (QED) is 0.817. The van der Waals surface area contributed by atoms with E-state index in [1.165, 1.54) is 0 Å². The van der Waals surface area contributed by atoms with Crippen LogP contribution in [0.5, 0.6) is 5.75 Å². The summed E-state index contributed by atoms with van der Waals surface area (Å²) >= 11 is 0. The summed E-state index contributed by atoms with van der Waals surface area (Å²) in [5.41, 5.74) is 6.01. The van der Waals surface area contributed by atoms with Crippen molar-refractivity contribution in [3.05, 3.63) is 24.3 Å². The lowest BCUT2D eigenvalue weighted by molar-refractivity contribution is 0.220. The fourth-order valence-corrected chi connectivity index (χ4v) is 1.99. The van der Waals surface area contributed by atoms with Gasteiger partial charge in [-0.25, -0.2) is 4.79 Å². The van der Waals surface area contributed by atoms with Gasteiger partial charge in [0.2, 0.25) is 0 Å². The molecule has 1 aliphatic rings. The highest BCUT2D eigenvalue weighted by atomic mass is 16.3. The van der Waals surface area contributed by atoms with Crippen molar-refractivity contribution in [2.45, 2.75) is 6.42 Å². The summed E-state index contributed by atoms with van der Waals surface area (Å²) in [7, 11) is 0. The topological polar surface area (TPSA) is 69.8 Å². The molecule has 0 bridgehead atoms. The summed E-state index contributed by atoms with van der Waals surface area (Å²) in [5, 5.41) is 9.72. The fraction of sp³-hybridized carbons (Fsp3) is 0.417. The van der Waals surface area contributed by atoms with Crippen LogP contribution in [0.25, 0.3) is 0 Å². The highest BCUT2D eigenvalue weighted by Gasteiger charge is 2.30. The minimum Gasteiger partial charge on any atom is -0.506 e. The monoisotopic (exact) mass is 235 g/mol. The van der Waals surface area contributed by atoms with Crippen LogP contribution in [0.1, 0.15) is 6.42 Å². The van der Waals surface area contributed by atoms with Gasteiger partial charge in [-0.2, -0.15) is 0 Å². The van der Waals surface area contributed by atoms with E-state index in [1.807, 2.05) is 6.07 Å². The third kappa shape index (κ3) is 2.34. The van der Waals surface area contributed by atoms with Gasteiger partial charge in [-0.3, -0.25) is 4.90 Å². The maximum absolute atomic E-state index is 12.1. The highest BCUT2D eigenvalue weighted by molar-refractivity contribution is 5.95. The number of amides is 2. The Morgan fingerprint density at radius 3 is 2.76 bits per heavy atom. The van der Waals surface area contributed by atoms with Crippen LogP contribution < -0.4 is 10.6 Å². The first kappa shape index (κ1) is 11.7. The van der Waals surface area contributed by atoms with E-state index in [1.54, 1.807) is 28.0 Å². The first-order valence-electron chi connectivity index (χ1n) is 5.78. The van der Waals surface area contributed by atoms with E-state index in [0.29, 0.717) is 31.9 Å². The van der Waals surface area contributed by atoms with Crippen LogP contribution in [0.15, 0.2) is 24.3 Å². The molecule has 1 saturated heterocycles. The molecule has 5 heteroatoms. The molecule has 1 heterocycles. The number of nitrogens with zero attached hydrogens (tertiary/aromatic N) is 2. The molecule has 2 amide bonds. The number of rotatable bonds is 4. The van der Waals surface area contributed by atoms with Gasteiger partial charge in [0, 0.05) is 19.6 Å². The fourth-order valence-electron chi connectivity index (χ4n) is 1.99. The molecule has 1 fully saturated rings. The summed E-state index contributed by atoms with van der Waals surface area (Å²) in [6, 6.07) is 6.83. The third-order valence-corrected chi connectivity index (χ3v) is 2.90. The Morgan fingerprint density at radius 1 is 1.29 bits per heavy atom. The molecular formula is C12H17N3O2. The second-order valence-corrected chi connectivity index (χ2v) is 4.05. The van der Waals surface area contributed by atoms with Gasteiger partial charge in [0.1, 0.15) is 5.75 Å². The molecule has 0 spiro atoms. The molecule has 0 aliphatic carbocycles. The van der Waals surface area contributed by atoms with E-state index < -0.39 is 0 Å². The molecule has 3 N–H and O–H groups in total. The Morgan fingerprint density at radius 2 is 2.06 bits per heavy atom. The van der Waals surface area contributed by atoms with Crippen LogP contribution in [-0.4, -0.2) is 42.2 Å². The highest BCUT2D eigenvalue weighted by Crippen LogP contribution is 2.29. The number of phenolic OH excluding ortho intramolecular Hbond substituents is 1. The number of nitrogens with two attached hydrogens (primary N) is 1. The van der Waals surface area contributed by atoms with Gasteiger partial charge in [-0.1, -0.05) is 12.1 Å². The van der Waals surface area contributed by atoms with E-state index in [9.17, 15) is 9.90 Å². The van der Waals surface area contributed by atoms with E-state index >= 15 is 0 Å².